The molecule has 108 valence electrons. The highest BCUT2D eigenvalue weighted by molar-refractivity contribution is 5.98. The van der Waals surface area contributed by atoms with Gasteiger partial charge in [-0.1, -0.05) is 0 Å². The fraction of sp³-hybridized carbons (Fsp3) is 0.333. The lowest BCUT2D eigenvalue weighted by Gasteiger charge is -2.32. The van der Waals surface area contributed by atoms with Crippen LogP contribution in [0.1, 0.15) is 17.3 Å². The van der Waals surface area contributed by atoms with Crippen LogP contribution in [0.3, 0.4) is 0 Å². The van der Waals surface area contributed by atoms with Gasteiger partial charge in [-0.25, -0.2) is 8.78 Å². The van der Waals surface area contributed by atoms with Gasteiger partial charge in [0.05, 0.1) is 5.56 Å². The molecule has 1 unspecified atom stereocenters. The number of halogens is 3. The van der Waals surface area contributed by atoms with Crippen molar-refractivity contribution in [1.29, 1.82) is 0 Å². The Kier molecular flexibility index (Phi) is 3.56. The van der Waals surface area contributed by atoms with E-state index in [4.69, 9.17) is 5.11 Å². The smallest absolute Gasteiger partial charge is 0.257 e. The molecule has 1 aromatic carbocycles. The third-order valence-corrected chi connectivity index (χ3v) is 3.12. The van der Waals surface area contributed by atoms with E-state index in [1.54, 1.807) is 0 Å². The zero-order valence-corrected chi connectivity index (χ0v) is 10.4. The highest BCUT2D eigenvalue weighted by atomic mass is 19.2. The molecule has 2 N–H and O–H groups in total. The minimum Gasteiger partial charge on any atom is -0.503 e. The lowest BCUT2D eigenvalue weighted by Crippen LogP contribution is -2.56. The van der Waals surface area contributed by atoms with Crippen LogP contribution in [-0.2, 0) is 4.79 Å². The topological polar surface area (TPSA) is 69.6 Å². The van der Waals surface area contributed by atoms with Crippen molar-refractivity contribution in [2.75, 3.05) is 13.1 Å². The highest BCUT2D eigenvalue weighted by Gasteiger charge is 2.33. The Labute approximate surface area is 112 Å². The van der Waals surface area contributed by atoms with E-state index in [0.717, 1.165) is 4.90 Å². The monoisotopic (exact) mass is 288 g/mol. The summed E-state index contributed by atoms with van der Waals surface area (Å²) in [5.74, 6) is -7.82. The molecule has 1 fully saturated rings. The molecule has 2 rings (SSSR count). The van der Waals surface area contributed by atoms with Gasteiger partial charge in [-0.15, -0.1) is 0 Å². The van der Waals surface area contributed by atoms with Crippen LogP contribution in [0.2, 0.25) is 0 Å². The van der Waals surface area contributed by atoms with Gasteiger partial charge < -0.3 is 15.3 Å². The van der Waals surface area contributed by atoms with Crippen LogP contribution in [0.4, 0.5) is 13.2 Å². The third kappa shape index (κ3) is 2.17. The van der Waals surface area contributed by atoms with E-state index in [1.807, 2.05) is 0 Å². The van der Waals surface area contributed by atoms with Crippen LogP contribution in [0.5, 0.6) is 5.75 Å². The van der Waals surface area contributed by atoms with E-state index in [0.29, 0.717) is 6.07 Å². The largest absolute Gasteiger partial charge is 0.503 e. The Morgan fingerprint density at radius 1 is 1.40 bits per heavy atom. The average molecular weight is 288 g/mol. The molecule has 1 aliphatic rings. The molecule has 0 aromatic heterocycles. The predicted molar refractivity (Wildman–Crippen MR) is 61.5 cm³/mol. The fourth-order valence-electron chi connectivity index (χ4n) is 1.96. The number of amides is 2. The molecule has 0 radical (unpaired) electrons. The molecule has 0 spiro atoms. The van der Waals surface area contributed by atoms with E-state index >= 15 is 0 Å². The number of piperazine rings is 1. The van der Waals surface area contributed by atoms with Crippen molar-refractivity contribution >= 4 is 11.8 Å². The molecule has 5 nitrogen and oxygen atoms in total. The SMILES string of the molecule is CC1C(=O)NCCN1C(=O)c1cc(F)c(F)c(O)c1F. The summed E-state index contributed by atoms with van der Waals surface area (Å²) in [6, 6.07) is -0.503. The lowest BCUT2D eigenvalue weighted by atomic mass is 10.1. The number of phenols is 1. The van der Waals surface area contributed by atoms with Crippen molar-refractivity contribution in [2.24, 2.45) is 0 Å². The van der Waals surface area contributed by atoms with Gasteiger partial charge in [0.2, 0.25) is 11.7 Å². The third-order valence-electron chi connectivity index (χ3n) is 3.12. The molecular formula is C12H11F3N2O3. The van der Waals surface area contributed by atoms with Crippen molar-refractivity contribution in [2.45, 2.75) is 13.0 Å². The van der Waals surface area contributed by atoms with E-state index < -0.39 is 46.6 Å². The van der Waals surface area contributed by atoms with Crippen LogP contribution < -0.4 is 5.32 Å². The molecule has 1 aromatic rings. The molecule has 0 saturated carbocycles. The second kappa shape index (κ2) is 5.03. The van der Waals surface area contributed by atoms with Gasteiger partial charge in [0.15, 0.2) is 17.4 Å². The molecule has 1 heterocycles. The normalized spacial score (nSPS) is 18.9. The van der Waals surface area contributed by atoms with Crippen LogP contribution in [0.15, 0.2) is 6.07 Å². The molecule has 8 heteroatoms. The molecule has 2 amide bonds. The van der Waals surface area contributed by atoms with Crippen molar-refractivity contribution in [3.05, 3.63) is 29.1 Å². The Morgan fingerprint density at radius 3 is 2.70 bits per heavy atom. The van der Waals surface area contributed by atoms with Gasteiger partial charge in [0.1, 0.15) is 6.04 Å². The van der Waals surface area contributed by atoms with Crippen LogP contribution in [0.25, 0.3) is 0 Å². The maximum atomic E-state index is 13.7. The average Bonchev–Trinajstić information content (AvgIpc) is 2.43. The van der Waals surface area contributed by atoms with Crippen molar-refractivity contribution in [3.8, 4) is 5.75 Å². The van der Waals surface area contributed by atoms with Gasteiger partial charge in [-0.05, 0) is 13.0 Å². The summed E-state index contributed by atoms with van der Waals surface area (Å²) < 4.78 is 39.8. The van der Waals surface area contributed by atoms with Gasteiger partial charge in [0.25, 0.3) is 5.91 Å². The van der Waals surface area contributed by atoms with E-state index in [1.165, 1.54) is 6.92 Å². The first-order valence-corrected chi connectivity index (χ1v) is 5.79. The summed E-state index contributed by atoms with van der Waals surface area (Å²) in [7, 11) is 0. The summed E-state index contributed by atoms with van der Waals surface area (Å²) in [6.07, 6.45) is 0. The van der Waals surface area contributed by atoms with Crippen LogP contribution >= 0.6 is 0 Å². The van der Waals surface area contributed by atoms with Gasteiger partial charge in [0, 0.05) is 13.1 Å². The number of hydrogen-bond acceptors (Lipinski definition) is 3. The Balaban J connectivity index is 2.41. The second-order valence-electron chi connectivity index (χ2n) is 4.35. The van der Waals surface area contributed by atoms with E-state index in [2.05, 4.69) is 5.32 Å². The van der Waals surface area contributed by atoms with E-state index in [-0.39, 0.29) is 13.1 Å². The molecule has 1 aliphatic heterocycles. The number of carbonyl (C=O) groups excluding carboxylic acids is 2. The number of rotatable bonds is 1. The standard InChI is InChI=1S/C12H11F3N2O3/c1-5-11(19)16-2-3-17(5)12(20)6-4-7(13)9(15)10(18)8(6)14/h4-5,18H,2-3H2,1H3,(H,16,19). The van der Waals surface area contributed by atoms with Gasteiger partial charge in [-0.3, -0.25) is 9.59 Å². The molecule has 20 heavy (non-hydrogen) atoms. The number of hydrogen-bond donors (Lipinski definition) is 2. The zero-order chi connectivity index (χ0) is 15.0. The Hall–Kier alpha value is -2.25. The Morgan fingerprint density at radius 2 is 2.05 bits per heavy atom. The summed E-state index contributed by atoms with van der Waals surface area (Å²) in [6.45, 7) is 1.70. The van der Waals surface area contributed by atoms with Crippen LogP contribution in [0, 0.1) is 17.5 Å². The maximum absolute atomic E-state index is 13.7. The number of benzene rings is 1. The summed E-state index contributed by atoms with van der Waals surface area (Å²) in [4.78, 5) is 24.6. The molecule has 1 atom stereocenters. The van der Waals surface area contributed by atoms with Crippen molar-refractivity contribution in [1.82, 2.24) is 10.2 Å². The molecule has 1 saturated heterocycles. The zero-order valence-electron chi connectivity index (χ0n) is 10.4. The minimum atomic E-state index is -1.76. The lowest BCUT2D eigenvalue weighted by molar-refractivity contribution is -0.127. The first-order chi connectivity index (χ1) is 9.34. The molecule has 0 bridgehead atoms. The molecular weight excluding hydrogens is 277 g/mol. The number of nitrogens with one attached hydrogen (secondary N) is 1. The van der Waals surface area contributed by atoms with Crippen molar-refractivity contribution < 1.29 is 27.9 Å². The summed E-state index contributed by atoms with van der Waals surface area (Å²) in [5, 5.41) is 11.6. The maximum Gasteiger partial charge on any atom is 0.257 e. The quantitative estimate of drug-likeness (QED) is 0.750. The Bertz CT molecular complexity index is 592. The number of aromatic hydroxyl groups is 1. The second-order valence-corrected chi connectivity index (χ2v) is 4.35. The van der Waals surface area contributed by atoms with Crippen LogP contribution in [-0.4, -0.2) is 41.0 Å². The first kappa shape index (κ1) is 14.2. The number of carbonyl (C=O) groups is 2. The summed E-state index contributed by atoms with van der Waals surface area (Å²) >= 11 is 0. The van der Waals surface area contributed by atoms with E-state index in [9.17, 15) is 22.8 Å². The fourth-order valence-corrected chi connectivity index (χ4v) is 1.96. The van der Waals surface area contributed by atoms with Crippen molar-refractivity contribution in [3.63, 3.8) is 0 Å². The highest BCUT2D eigenvalue weighted by Crippen LogP contribution is 2.27. The number of phenolic OH excluding ortho intramolecular Hbond substituents is 1. The van der Waals surface area contributed by atoms with Gasteiger partial charge >= 0.3 is 0 Å². The predicted octanol–water partition coefficient (Wildman–Crippen LogP) is 0.770. The first-order valence-electron chi connectivity index (χ1n) is 5.79. The van der Waals surface area contributed by atoms with Gasteiger partial charge in [-0.2, -0.15) is 4.39 Å². The number of nitrogens with zero attached hydrogens (tertiary/aromatic N) is 1. The summed E-state index contributed by atoms with van der Waals surface area (Å²) in [5.41, 5.74) is -0.817. The minimum absolute atomic E-state index is 0.102. The molecule has 0 aliphatic carbocycles.